The van der Waals surface area contributed by atoms with Crippen LogP contribution in [0.5, 0.6) is 5.75 Å². The molecule has 104 valence electrons. The molecule has 1 aromatic rings. The van der Waals surface area contributed by atoms with Crippen LogP contribution in [0, 0.1) is 11.8 Å². The van der Waals surface area contributed by atoms with Gasteiger partial charge in [0.05, 0.1) is 7.11 Å². The normalized spacial score (nSPS) is 22.3. The molecule has 1 amide bonds. The van der Waals surface area contributed by atoms with Gasteiger partial charge in [-0.25, -0.2) is 0 Å². The summed E-state index contributed by atoms with van der Waals surface area (Å²) in [5.74, 6) is 1.13. The van der Waals surface area contributed by atoms with E-state index in [0.717, 1.165) is 29.4 Å². The molecule has 0 aliphatic heterocycles. The van der Waals surface area contributed by atoms with Crippen molar-refractivity contribution in [3.63, 3.8) is 0 Å². The lowest BCUT2D eigenvalue weighted by Crippen LogP contribution is -2.29. The number of hydrogen-bond acceptors (Lipinski definition) is 3. The van der Waals surface area contributed by atoms with Crippen LogP contribution in [-0.4, -0.2) is 19.6 Å². The summed E-state index contributed by atoms with van der Waals surface area (Å²) in [5.41, 5.74) is 6.47. The molecule has 0 saturated heterocycles. The summed E-state index contributed by atoms with van der Waals surface area (Å²) in [5, 5.41) is 2.96. The predicted molar refractivity (Wildman–Crippen MR) is 79.2 cm³/mol. The molecule has 0 aromatic heterocycles. The first-order valence-corrected chi connectivity index (χ1v) is 7.29. The lowest BCUT2D eigenvalue weighted by atomic mass is 9.95. The highest BCUT2D eigenvalue weighted by Gasteiger charge is 2.31. The number of carbonyl (C=O) groups is 1. The number of anilines is 1. The topological polar surface area (TPSA) is 64.3 Å². The van der Waals surface area contributed by atoms with Gasteiger partial charge in [0.25, 0.3) is 0 Å². The molecule has 2 unspecified atom stereocenters. The van der Waals surface area contributed by atoms with Crippen molar-refractivity contribution in [3.8, 4) is 5.75 Å². The smallest absolute Gasteiger partial charge is 0.227 e. The molecule has 0 heterocycles. The third-order valence-electron chi connectivity index (χ3n) is 3.67. The van der Waals surface area contributed by atoms with Gasteiger partial charge in [-0.3, -0.25) is 4.79 Å². The third kappa shape index (κ3) is 3.48. The fraction of sp³-hybridized carbons (Fsp3) is 0.500. The Kier molecular flexibility index (Phi) is 4.82. The number of rotatable bonds is 4. The van der Waals surface area contributed by atoms with Gasteiger partial charge in [0, 0.05) is 22.1 Å². The number of methoxy groups -OCH3 is 1. The average Bonchev–Trinajstić information content (AvgIpc) is 2.86. The van der Waals surface area contributed by atoms with Crippen LogP contribution in [0.25, 0.3) is 0 Å². The Balaban J connectivity index is 2.08. The van der Waals surface area contributed by atoms with E-state index >= 15 is 0 Å². The highest BCUT2D eigenvalue weighted by atomic mass is 79.9. The first kappa shape index (κ1) is 14.3. The quantitative estimate of drug-likeness (QED) is 0.894. The van der Waals surface area contributed by atoms with Gasteiger partial charge in [-0.05, 0) is 37.4 Å². The van der Waals surface area contributed by atoms with Gasteiger partial charge in [0.2, 0.25) is 5.91 Å². The van der Waals surface area contributed by atoms with Crippen LogP contribution in [0.15, 0.2) is 22.7 Å². The summed E-state index contributed by atoms with van der Waals surface area (Å²) in [6, 6.07) is 5.54. The lowest BCUT2D eigenvalue weighted by Gasteiger charge is -2.17. The molecule has 0 bridgehead atoms. The Hall–Kier alpha value is -1.07. The van der Waals surface area contributed by atoms with E-state index in [9.17, 15) is 4.79 Å². The van der Waals surface area contributed by atoms with E-state index in [4.69, 9.17) is 10.5 Å². The maximum absolute atomic E-state index is 12.3. The Morgan fingerprint density at radius 2 is 2.26 bits per heavy atom. The summed E-state index contributed by atoms with van der Waals surface area (Å²) in [4.78, 5) is 12.3. The zero-order chi connectivity index (χ0) is 13.8. The molecule has 1 aromatic carbocycles. The van der Waals surface area contributed by atoms with Crippen molar-refractivity contribution in [1.29, 1.82) is 0 Å². The van der Waals surface area contributed by atoms with E-state index in [2.05, 4.69) is 21.2 Å². The summed E-state index contributed by atoms with van der Waals surface area (Å²) in [7, 11) is 1.61. The van der Waals surface area contributed by atoms with E-state index in [-0.39, 0.29) is 11.8 Å². The van der Waals surface area contributed by atoms with Gasteiger partial charge >= 0.3 is 0 Å². The number of amides is 1. The SMILES string of the molecule is COc1cc(Br)cc(NC(=O)C2CCCC2CN)c1. The van der Waals surface area contributed by atoms with Crippen molar-refractivity contribution >= 4 is 27.5 Å². The first-order valence-electron chi connectivity index (χ1n) is 6.49. The number of carbonyl (C=O) groups excluding carboxylic acids is 1. The average molecular weight is 327 g/mol. The Labute approximate surface area is 121 Å². The molecule has 19 heavy (non-hydrogen) atoms. The van der Waals surface area contributed by atoms with Crippen molar-refractivity contribution in [1.82, 2.24) is 0 Å². The van der Waals surface area contributed by atoms with E-state index < -0.39 is 0 Å². The number of hydrogen-bond donors (Lipinski definition) is 2. The number of nitrogens with one attached hydrogen (secondary N) is 1. The molecule has 1 aliphatic rings. The second-order valence-corrected chi connectivity index (χ2v) is 5.82. The minimum atomic E-state index is 0.0370. The highest BCUT2D eigenvalue weighted by Crippen LogP contribution is 2.32. The summed E-state index contributed by atoms with van der Waals surface area (Å²) >= 11 is 3.40. The number of nitrogens with two attached hydrogens (primary N) is 1. The Morgan fingerprint density at radius 3 is 2.95 bits per heavy atom. The summed E-state index contributed by atoms with van der Waals surface area (Å²) in [6.07, 6.45) is 3.07. The molecule has 0 spiro atoms. The Bertz CT molecular complexity index is 465. The number of halogens is 1. The van der Waals surface area contributed by atoms with Gasteiger partial charge in [-0.1, -0.05) is 22.4 Å². The fourth-order valence-electron chi connectivity index (χ4n) is 2.65. The van der Waals surface area contributed by atoms with Crippen molar-refractivity contribution in [2.45, 2.75) is 19.3 Å². The maximum atomic E-state index is 12.3. The molecular weight excluding hydrogens is 308 g/mol. The molecule has 5 heteroatoms. The van der Waals surface area contributed by atoms with Crippen LogP contribution in [-0.2, 0) is 4.79 Å². The van der Waals surface area contributed by atoms with Crippen LogP contribution < -0.4 is 15.8 Å². The van der Waals surface area contributed by atoms with E-state index in [1.54, 1.807) is 7.11 Å². The van der Waals surface area contributed by atoms with Gasteiger partial charge < -0.3 is 15.8 Å². The highest BCUT2D eigenvalue weighted by molar-refractivity contribution is 9.10. The molecule has 2 rings (SSSR count). The molecule has 0 radical (unpaired) electrons. The summed E-state index contributed by atoms with van der Waals surface area (Å²) < 4.78 is 6.06. The van der Waals surface area contributed by atoms with E-state index in [0.29, 0.717) is 18.2 Å². The lowest BCUT2D eigenvalue weighted by molar-refractivity contribution is -0.120. The molecule has 1 fully saturated rings. The molecule has 4 nitrogen and oxygen atoms in total. The third-order valence-corrected chi connectivity index (χ3v) is 4.13. The van der Waals surface area contributed by atoms with Crippen LogP contribution >= 0.6 is 15.9 Å². The van der Waals surface area contributed by atoms with Crippen LogP contribution in [0.4, 0.5) is 5.69 Å². The summed E-state index contributed by atoms with van der Waals surface area (Å²) in [6.45, 7) is 0.583. The minimum Gasteiger partial charge on any atom is -0.497 e. The van der Waals surface area contributed by atoms with E-state index in [1.165, 1.54) is 0 Å². The Morgan fingerprint density at radius 1 is 1.47 bits per heavy atom. The zero-order valence-corrected chi connectivity index (χ0v) is 12.6. The van der Waals surface area contributed by atoms with Crippen LogP contribution in [0.3, 0.4) is 0 Å². The number of benzene rings is 1. The van der Waals surface area contributed by atoms with Gasteiger partial charge in [0.1, 0.15) is 5.75 Å². The van der Waals surface area contributed by atoms with Crippen molar-refractivity contribution in [2.24, 2.45) is 17.6 Å². The fourth-order valence-corrected chi connectivity index (χ4v) is 3.12. The van der Waals surface area contributed by atoms with Gasteiger partial charge in [-0.2, -0.15) is 0 Å². The number of ether oxygens (including phenoxy) is 1. The van der Waals surface area contributed by atoms with Gasteiger partial charge in [0.15, 0.2) is 0 Å². The molecular formula is C14H19BrN2O2. The minimum absolute atomic E-state index is 0.0370. The van der Waals surface area contributed by atoms with Crippen LogP contribution in [0.1, 0.15) is 19.3 Å². The molecule has 1 aliphatic carbocycles. The monoisotopic (exact) mass is 326 g/mol. The molecule has 2 atom stereocenters. The van der Waals surface area contributed by atoms with E-state index in [1.807, 2.05) is 18.2 Å². The van der Waals surface area contributed by atoms with Gasteiger partial charge in [-0.15, -0.1) is 0 Å². The van der Waals surface area contributed by atoms with Crippen LogP contribution in [0.2, 0.25) is 0 Å². The standard InChI is InChI=1S/C14H19BrN2O2/c1-19-12-6-10(15)5-11(7-12)17-14(18)13-4-2-3-9(13)8-16/h5-7,9,13H,2-4,8,16H2,1H3,(H,17,18). The zero-order valence-electron chi connectivity index (χ0n) is 11.0. The van der Waals surface area contributed by atoms with Crippen molar-refractivity contribution < 1.29 is 9.53 Å². The largest absolute Gasteiger partial charge is 0.497 e. The first-order chi connectivity index (χ1) is 9.13. The van der Waals surface area contributed by atoms with Crippen molar-refractivity contribution in [3.05, 3.63) is 22.7 Å². The molecule has 1 saturated carbocycles. The predicted octanol–water partition coefficient (Wildman–Crippen LogP) is 2.77. The maximum Gasteiger partial charge on any atom is 0.227 e. The molecule has 3 N–H and O–H groups in total. The second-order valence-electron chi connectivity index (χ2n) is 4.90. The second kappa shape index (κ2) is 6.39. The van der Waals surface area contributed by atoms with Crippen molar-refractivity contribution in [2.75, 3.05) is 19.0 Å².